The van der Waals surface area contributed by atoms with Gasteiger partial charge in [0.1, 0.15) is 17.7 Å². The number of aryl methyl sites for hydroxylation is 1. The van der Waals surface area contributed by atoms with E-state index >= 15 is 0 Å². The van der Waals surface area contributed by atoms with Gasteiger partial charge in [-0.05, 0) is 26.7 Å². The molecule has 12 heteroatoms. The van der Waals surface area contributed by atoms with Crippen LogP contribution in [0.2, 0.25) is 0 Å². The minimum Gasteiger partial charge on any atom is -0.372 e. The highest BCUT2D eigenvalue weighted by atomic mass is 19.2. The van der Waals surface area contributed by atoms with Crippen LogP contribution in [0.25, 0.3) is 0 Å². The fourth-order valence-electron chi connectivity index (χ4n) is 3.72. The van der Waals surface area contributed by atoms with Gasteiger partial charge in [-0.2, -0.15) is 4.98 Å². The van der Waals surface area contributed by atoms with E-state index in [-0.39, 0.29) is 18.1 Å². The predicted octanol–water partition coefficient (Wildman–Crippen LogP) is 2.54. The van der Waals surface area contributed by atoms with Gasteiger partial charge in [-0.15, -0.1) is 0 Å². The Labute approximate surface area is 182 Å². The number of halogens is 3. The van der Waals surface area contributed by atoms with Gasteiger partial charge < -0.3 is 31.3 Å². The van der Waals surface area contributed by atoms with E-state index in [2.05, 4.69) is 31.2 Å². The molecule has 2 heterocycles. The highest BCUT2D eigenvalue weighted by Gasteiger charge is 2.33. The number of likely N-dealkylation sites (N-methyl/N-ethyl adjacent to an activating group) is 1. The van der Waals surface area contributed by atoms with Gasteiger partial charge in [0, 0.05) is 31.3 Å². The highest BCUT2D eigenvalue weighted by molar-refractivity contribution is 5.89. The molecule has 1 aliphatic carbocycles. The predicted molar refractivity (Wildman–Crippen MR) is 113 cm³/mol. The van der Waals surface area contributed by atoms with Crippen LogP contribution in [0.1, 0.15) is 25.5 Å². The van der Waals surface area contributed by atoms with Gasteiger partial charge in [-0.3, -0.25) is 0 Å². The molecule has 0 radical (unpaired) electrons. The van der Waals surface area contributed by atoms with E-state index in [9.17, 15) is 23.1 Å². The maximum absolute atomic E-state index is 13.7. The smallest absolute Gasteiger partial charge is 0.319 e. The number of benzene rings is 1. The zero-order valence-corrected chi connectivity index (χ0v) is 17.7. The molecule has 172 valence electrons. The number of carbonyl (C=O) groups excluding carboxylic acids is 1. The minimum atomic E-state index is -1.33. The van der Waals surface area contributed by atoms with Gasteiger partial charge in [0.15, 0.2) is 17.5 Å². The number of hydrogen-bond donors (Lipinski definition) is 5. The molecule has 1 fully saturated rings. The molecule has 32 heavy (non-hydrogen) atoms. The normalized spacial score (nSPS) is 24.2. The molecule has 0 spiro atoms. The summed E-state index contributed by atoms with van der Waals surface area (Å²) in [6.45, 7) is 3.70. The molecule has 0 saturated heterocycles. The fraction of sp³-hybridized carbons (Fsp3) is 0.450. The summed E-state index contributed by atoms with van der Waals surface area (Å²) in [5, 5.41) is 21.2. The summed E-state index contributed by atoms with van der Waals surface area (Å²) < 4.78 is 39.9. The Kier molecular flexibility index (Phi) is 5.71. The van der Waals surface area contributed by atoms with Crippen molar-refractivity contribution in [1.29, 1.82) is 0 Å². The van der Waals surface area contributed by atoms with Crippen LogP contribution in [0.4, 0.5) is 41.1 Å². The highest BCUT2D eigenvalue weighted by Crippen LogP contribution is 2.34. The van der Waals surface area contributed by atoms with E-state index in [4.69, 9.17) is 0 Å². The lowest BCUT2D eigenvalue weighted by Crippen LogP contribution is -2.51. The van der Waals surface area contributed by atoms with Gasteiger partial charge in [0.25, 0.3) is 0 Å². The van der Waals surface area contributed by atoms with Gasteiger partial charge >= 0.3 is 6.03 Å². The van der Waals surface area contributed by atoms with E-state index in [0.29, 0.717) is 48.1 Å². The minimum absolute atomic E-state index is 0.0163. The Hall–Kier alpha value is -3.28. The lowest BCUT2D eigenvalue weighted by Gasteiger charge is -2.39. The van der Waals surface area contributed by atoms with Gasteiger partial charge in [-0.1, -0.05) is 0 Å². The van der Waals surface area contributed by atoms with Crippen molar-refractivity contribution in [3.05, 3.63) is 35.3 Å². The van der Waals surface area contributed by atoms with Crippen molar-refractivity contribution < 1.29 is 23.1 Å². The average Bonchev–Trinajstić information content (AvgIpc) is 2.69. The van der Waals surface area contributed by atoms with Crippen molar-refractivity contribution in [2.24, 2.45) is 0 Å². The molecule has 1 saturated carbocycles. The number of anilines is 4. The first-order valence-corrected chi connectivity index (χ1v) is 10.2. The Morgan fingerprint density at radius 1 is 1.16 bits per heavy atom. The summed E-state index contributed by atoms with van der Waals surface area (Å²) in [7, 11) is 1.85. The van der Waals surface area contributed by atoms with Crippen LogP contribution in [-0.4, -0.2) is 52.5 Å². The van der Waals surface area contributed by atoms with Crippen molar-refractivity contribution in [2.45, 2.75) is 51.0 Å². The Bertz CT molecular complexity index is 1050. The molecule has 0 bridgehead atoms. The third kappa shape index (κ3) is 4.22. The first-order chi connectivity index (χ1) is 15.1. The van der Waals surface area contributed by atoms with Crippen molar-refractivity contribution >= 4 is 29.2 Å². The van der Waals surface area contributed by atoms with E-state index in [0.717, 1.165) is 0 Å². The molecule has 1 aromatic heterocycles. The molecule has 2 atom stereocenters. The molecule has 4 rings (SSSR count). The Balaban J connectivity index is 1.32. The van der Waals surface area contributed by atoms with E-state index in [1.54, 1.807) is 0 Å². The molecule has 5 N–H and O–H groups in total. The van der Waals surface area contributed by atoms with E-state index in [1.165, 1.54) is 0 Å². The number of nitrogens with zero attached hydrogens (tertiary/aromatic N) is 3. The number of fused-ring (bicyclic) bond motifs is 1. The molecule has 1 aromatic carbocycles. The quantitative estimate of drug-likeness (QED) is 0.454. The average molecular weight is 451 g/mol. The molecule has 1 unspecified atom stereocenters. The number of aliphatic hydroxyl groups is 1. The number of nitrogens with one attached hydrogen (secondary N) is 4. The van der Waals surface area contributed by atoms with Crippen molar-refractivity contribution in [3.8, 4) is 0 Å². The number of hydrogen-bond acceptors (Lipinski definition) is 7. The van der Waals surface area contributed by atoms with Gasteiger partial charge in [0.05, 0.1) is 17.4 Å². The molecule has 2 amide bonds. The maximum Gasteiger partial charge on any atom is 0.319 e. The first kappa shape index (κ1) is 21.9. The largest absolute Gasteiger partial charge is 0.372 e. The Morgan fingerprint density at radius 3 is 2.56 bits per heavy atom. The monoisotopic (exact) mass is 451 g/mol. The SMILES string of the molecule is Cc1nc(NC2CC(NC(=O)Nc3cc(F)c(F)cc3F)C2)nc2c1NC(O)[C@H](C)N2C. The Morgan fingerprint density at radius 2 is 1.84 bits per heavy atom. The summed E-state index contributed by atoms with van der Waals surface area (Å²) >= 11 is 0. The fourth-order valence-corrected chi connectivity index (χ4v) is 3.72. The molecule has 9 nitrogen and oxygen atoms in total. The first-order valence-electron chi connectivity index (χ1n) is 10.2. The molecule has 1 aliphatic heterocycles. The number of aliphatic hydroxyl groups excluding tert-OH is 1. The van der Waals surface area contributed by atoms with Crippen molar-refractivity contribution in [2.75, 3.05) is 27.9 Å². The zero-order valence-electron chi connectivity index (χ0n) is 17.7. The zero-order chi connectivity index (χ0) is 23.2. The summed E-state index contributed by atoms with van der Waals surface area (Å²) in [5.41, 5.74) is 0.931. The number of amides is 2. The van der Waals surface area contributed by atoms with E-state index in [1.807, 2.05) is 25.8 Å². The van der Waals surface area contributed by atoms with Crippen molar-refractivity contribution in [3.63, 3.8) is 0 Å². The van der Waals surface area contributed by atoms with Gasteiger partial charge in [0.2, 0.25) is 5.95 Å². The third-order valence-corrected chi connectivity index (χ3v) is 5.83. The summed E-state index contributed by atoms with van der Waals surface area (Å²) in [6, 6.07) is -0.0684. The number of urea groups is 1. The van der Waals surface area contributed by atoms with Crippen LogP contribution in [0, 0.1) is 24.4 Å². The topological polar surface area (TPSA) is 114 Å². The third-order valence-electron chi connectivity index (χ3n) is 5.83. The molecular formula is C20H24F3N7O2. The van der Waals surface area contributed by atoms with Crippen LogP contribution in [0.5, 0.6) is 0 Å². The summed E-state index contributed by atoms with van der Waals surface area (Å²) in [5.74, 6) is -2.52. The standard InChI is InChI=1S/C20H24F3N7O2/c1-8-16-17(30(3)9(2)18(31)28-16)29-19(24-8)25-10-4-11(5-10)26-20(32)27-15-7-13(22)12(21)6-14(15)23/h6-7,9-11,18,28,31H,4-5H2,1-3H3,(H,24,25,29)(H2,26,27,32)/t9-,10?,11?,18?/m0/s1. The maximum atomic E-state index is 13.7. The van der Waals surface area contributed by atoms with Crippen LogP contribution in [0.3, 0.4) is 0 Å². The molecular weight excluding hydrogens is 427 g/mol. The van der Waals surface area contributed by atoms with Gasteiger partial charge in [-0.25, -0.2) is 22.9 Å². The number of aromatic nitrogens is 2. The van der Waals surface area contributed by atoms with E-state index < -0.39 is 35.4 Å². The molecule has 2 aliphatic rings. The van der Waals surface area contributed by atoms with Crippen LogP contribution in [-0.2, 0) is 0 Å². The summed E-state index contributed by atoms with van der Waals surface area (Å²) in [4.78, 5) is 22.9. The van der Waals surface area contributed by atoms with Crippen LogP contribution >= 0.6 is 0 Å². The molecule has 2 aromatic rings. The summed E-state index contributed by atoms with van der Waals surface area (Å²) in [6.07, 6.45) is 0.435. The lowest BCUT2D eigenvalue weighted by molar-refractivity contribution is 0.172. The van der Waals surface area contributed by atoms with Crippen LogP contribution < -0.4 is 26.2 Å². The van der Waals surface area contributed by atoms with Crippen LogP contribution in [0.15, 0.2) is 12.1 Å². The second-order valence-corrected chi connectivity index (χ2v) is 8.13. The number of rotatable bonds is 4. The number of carbonyl (C=O) groups is 1. The second-order valence-electron chi connectivity index (χ2n) is 8.13. The van der Waals surface area contributed by atoms with Crippen molar-refractivity contribution in [1.82, 2.24) is 15.3 Å². The second kappa shape index (κ2) is 8.34. The lowest BCUT2D eigenvalue weighted by atomic mass is 9.87.